The number of hydrogen-bond acceptors (Lipinski definition) is 4. The SMILES string of the molecule is CCCC(C)(C)CC[C@@](C)(CCC(C)(C)[C@]1(C)CC[C@H]2[C@H](C)C(=O)C(C#N)=C[C@]2(C)/C1=C/C(C)=O)NC(=O)c1ccccc1. The number of amides is 1. The van der Waals surface area contributed by atoms with E-state index in [9.17, 15) is 19.6 Å². The molecular weight excluding hydrogens is 544 g/mol. The third kappa shape index (κ3) is 7.27. The van der Waals surface area contributed by atoms with E-state index in [1.54, 1.807) is 13.0 Å². The Morgan fingerprint density at radius 3 is 2.20 bits per heavy atom. The molecule has 5 heteroatoms. The lowest BCUT2D eigenvalue weighted by atomic mass is 9.44. The molecule has 1 amide bonds. The molecule has 0 unspecified atom stereocenters. The van der Waals surface area contributed by atoms with E-state index in [0.29, 0.717) is 5.56 Å². The van der Waals surface area contributed by atoms with Crippen LogP contribution in [0.5, 0.6) is 0 Å². The Kier molecular flexibility index (Phi) is 10.6. The Morgan fingerprint density at radius 1 is 1.02 bits per heavy atom. The van der Waals surface area contributed by atoms with Gasteiger partial charge in [-0.2, -0.15) is 5.26 Å². The summed E-state index contributed by atoms with van der Waals surface area (Å²) in [5.41, 5.74) is 0.498. The number of nitrogens with zero attached hydrogens (tertiary/aromatic N) is 1. The Morgan fingerprint density at radius 2 is 1.64 bits per heavy atom. The third-order valence-electron chi connectivity index (χ3n) is 11.6. The van der Waals surface area contributed by atoms with Crippen LogP contribution in [0.3, 0.4) is 0 Å². The Hall–Kier alpha value is -3.00. The van der Waals surface area contributed by atoms with Crippen molar-refractivity contribution in [3.05, 3.63) is 59.2 Å². The second-order valence-corrected chi connectivity index (χ2v) is 15.9. The molecule has 0 heterocycles. The molecule has 1 aromatic carbocycles. The van der Waals surface area contributed by atoms with Gasteiger partial charge in [-0.1, -0.05) is 91.7 Å². The molecular formula is C39H56N2O3. The summed E-state index contributed by atoms with van der Waals surface area (Å²) in [7, 11) is 0. The average molecular weight is 601 g/mol. The summed E-state index contributed by atoms with van der Waals surface area (Å²) in [6, 6.07) is 11.6. The van der Waals surface area contributed by atoms with Crippen molar-refractivity contribution in [3.63, 3.8) is 0 Å². The van der Waals surface area contributed by atoms with Gasteiger partial charge in [0, 0.05) is 22.4 Å². The maximum Gasteiger partial charge on any atom is 0.251 e. The number of Topliss-reactive ketones (excluding diaryl/α,β-unsaturated/α-hetero) is 1. The van der Waals surface area contributed by atoms with E-state index in [1.165, 1.54) is 0 Å². The molecule has 0 bridgehead atoms. The van der Waals surface area contributed by atoms with E-state index < -0.39 is 11.0 Å². The van der Waals surface area contributed by atoms with Gasteiger partial charge in [0.05, 0.1) is 5.57 Å². The van der Waals surface area contributed by atoms with Crippen LogP contribution in [-0.4, -0.2) is 23.0 Å². The normalized spacial score (nSPS) is 28.0. The van der Waals surface area contributed by atoms with Crippen molar-refractivity contribution in [2.45, 2.75) is 126 Å². The predicted octanol–water partition coefficient (Wildman–Crippen LogP) is 9.19. The third-order valence-corrected chi connectivity index (χ3v) is 11.6. The van der Waals surface area contributed by atoms with Crippen molar-refractivity contribution in [2.75, 3.05) is 0 Å². The predicted molar refractivity (Wildman–Crippen MR) is 179 cm³/mol. The second-order valence-electron chi connectivity index (χ2n) is 15.9. The summed E-state index contributed by atoms with van der Waals surface area (Å²) >= 11 is 0. The van der Waals surface area contributed by atoms with Gasteiger partial charge in [-0.15, -0.1) is 0 Å². The molecule has 5 nitrogen and oxygen atoms in total. The molecule has 1 saturated carbocycles. The number of nitriles is 1. The summed E-state index contributed by atoms with van der Waals surface area (Å²) in [4.78, 5) is 39.2. The minimum Gasteiger partial charge on any atom is -0.347 e. The van der Waals surface area contributed by atoms with Crippen LogP contribution in [0.4, 0.5) is 0 Å². The maximum atomic E-state index is 13.5. The van der Waals surface area contributed by atoms with Crippen LogP contribution < -0.4 is 5.32 Å². The maximum absolute atomic E-state index is 13.5. The minimum absolute atomic E-state index is 0.0153. The van der Waals surface area contributed by atoms with Crippen molar-refractivity contribution >= 4 is 17.5 Å². The molecule has 44 heavy (non-hydrogen) atoms. The first-order chi connectivity index (χ1) is 20.3. The number of carbonyl (C=O) groups is 3. The van der Waals surface area contributed by atoms with E-state index >= 15 is 0 Å². The molecule has 0 spiro atoms. The molecule has 2 aliphatic carbocycles. The fraction of sp³-hybridized carbons (Fsp3) is 0.641. The zero-order valence-corrected chi connectivity index (χ0v) is 29.0. The lowest BCUT2D eigenvalue weighted by molar-refractivity contribution is -0.123. The highest BCUT2D eigenvalue weighted by atomic mass is 16.2. The fourth-order valence-electron chi connectivity index (χ4n) is 8.20. The van der Waals surface area contributed by atoms with Crippen LogP contribution >= 0.6 is 0 Å². The fourth-order valence-corrected chi connectivity index (χ4v) is 8.20. The highest BCUT2D eigenvalue weighted by molar-refractivity contribution is 6.02. The zero-order valence-electron chi connectivity index (χ0n) is 29.0. The molecule has 3 rings (SSSR count). The van der Waals surface area contributed by atoms with Crippen molar-refractivity contribution in [1.82, 2.24) is 5.32 Å². The first-order valence-corrected chi connectivity index (χ1v) is 16.6. The highest BCUT2D eigenvalue weighted by Gasteiger charge is 2.58. The molecule has 0 saturated heterocycles. The van der Waals surface area contributed by atoms with Gasteiger partial charge in [-0.25, -0.2) is 0 Å². The van der Waals surface area contributed by atoms with Gasteiger partial charge in [-0.3, -0.25) is 14.4 Å². The van der Waals surface area contributed by atoms with E-state index in [-0.39, 0.29) is 51.1 Å². The molecule has 2 aliphatic rings. The quantitative estimate of drug-likeness (QED) is 0.242. The molecule has 0 radical (unpaired) electrons. The number of hydrogen-bond donors (Lipinski definition) is 1. The Labute approximate surface area is 267 Å². The standard InChI is InChI=1S/C39H56N2O3/c1-11-18-35(4,5)20-22-37(8,41-34(44)29-15-13-12-14-16-29)23-21-36(6,7)39(10)19-17-31-28(3)33(43)30(26-40)25-38(31,9)32(39)24-27(2)42/h12-16,24-25,28,31H,11,17-23H2,1-10H3,(H,41,44)/b32-24-/t28-,31-,37-,38-,39+/m0/s1. The average Bonchev–Trinajstić information content (AvgIpc) is 2.95. The van der Waals surface area contributed by atoms with Crippen LogP contribution in [0.15, 0.2) is 53.6 Å². The van der Waals surface area contributed by atoms with E-state index in [2.05, 4.69) is 66.8 Å². The largest absolute Gasteiger partial charge is 0.347 e. The van der Waals surface area contributed by atoms with Crippen LogP contribution in [0.25, 0.3) is 0 Å². The van der Waals surface area contributed by atoms with Gasteiger partial charge >= 0.3 is 0 Å². The second kappa shape index (κ2) is 13.2. The summed E-state index contributed by atoms with van der Waals surface area (Å²) in [5.74, 6) is -0.386. The molecule has 0 aliphatic heterocycles. The number of carbonyl (C=O) groups excluding carboxylic acids is 3. The molecule has 0 aromatic heterocycles. The van der Waals surface area contributed by atoms with Gasteiger partial charge in [0.1, 0.15) is 6.07 Å². The van der Waals surface area contributed by atoms with Crippen LogP contribution in [0.2, 0.25) is 0 Å². The van der Waals surface area contributed by atoms with Gasteiger partial charge in [-0.05, 0) is 99.2 Å². The van der Waals surface area contributed by atoms with E-state index in [0.717, 1.165) is 56.9 Å². The Bertz CT molecular complexity index is 1350. The van der Waals surface area contributed by atoms with Crippen molar-refractivity contribution < 1.29 is 14.4 Å². The number of ketones is 2. The van der Waals surface area contributed by atoms with Gasteiger partial charge in [0.15, 0.2) is 11.6 Å². The summed E-state index contributed by atoms with van der Waals surface area (Å²) in [5, 5.41) is 13.3. The summed E-state index contributed by atoms with van der Waals surface area (Å²) < 4.78 is 0. The Balaban J connectivity index is 1.99. The highest BCUT2D eigenvalue weighted by Crippen LogP contribution is 2.65. The number of allylic oxidation sites excluding steroid dienone is 4. The van der Waals surface area contributed by atoms with E-state index in [4.69, 9.17) is 0 Å². The van der Waals surface area contributed by atoms with E-state index in [1.807, 2.05) is 43.3 Å². The van der Waals surface area contributed by atoms with Gasteiger partial charge < -0.3 is 5.32 Å². The van der Waals surface area contributed by atoms with Crippen molar-refractivity contribution in [3.8, 4) is 6.07 Å². The first-order valence-electron chi connectivity index (χ1n) is 16.6. The lowest BCUT2D eigenvalue weighted by Gasteiger charge is -2.59. The molecule has 5 atom stereocenters. The van der Waals surface area contributed by atoms with Crippen molar-refractivity contribution in [2.24, 2.45) is 33.5 Å². The minimum atomic E-state index is -0.566. The molecule has 1 N–H and O–H groups in total. The molecule has 1 fully saturated rings. The van der Waals surface area contributed by atoms with Crippen LogP contribution in [-0.2, 0) is 9.59 Å². The van der Waals surface area contributed by atoms with Crippen LogP contribution in [0.1, 0.15) is 131 Å². The molecule has 1 aromatic rings. The number of nitrogens with one attached hydrogen (secondary N) is 1. The summed E-state index contributed by atoms with van der Waals surface area (Å²) in [6.45, 7) is 21.6. The number of fused-ring (bicyclic) bond motifs is 1. The van der Waals surface area contributed by atoms with Crippen molar-refractivity contribution in [1.29, 1.82) is 5.26 Å². The topological polar surface area (TPSA) is 87.0 Å². The summed E-state index contributed by atoms with van der Waals surface area (Å²) in [6.07, 6.45) is 11.1. The zero-order chi connectivity index (χ0) is 33.1. The lowest BCUT2D eigenvalue weighted by Crippen LogP contribution is -2.53. The first kappa shape index (κ1) is 35.5. The number of benzene rings is 1. The molecule has 240 valence electrons. The van der Waals surface area contributed by atoms with Gasteiger partial charge in [0.25, 0.3) is 5.91 Å². The number of rotatable bonds is 12. The smallest absolute Gasteiger partial charge is 0.251 e. The van der Waals surface area contributed by atoms with Gasteiger partial charge in [0.2, 0.25) is 0 Å². The van der Waals surface area contributed by atoms with Crippen LogP contribution in [0, 0.1) is 44.8 Å². The monoisotopic (exact) mass is 600 g/mol.